The first-order valence-corrected chi connectivity index (χ1v) is 4.94. The highest BCUT2D eigenvalue weighted by atomic mass is 16.5. The molecule has 0 atom stereocenters. The average molecular weight is 235 g/mol. The third-order valence-corrected chi connectivity index (χ3v) is 2.16. The molecule has 0 bridgehead atoms. The van der Waals surface area contributed by atoms with Crippen LogP contribution in [0.15, 0.2) is 12.4 Å². The largest absolute Gasteiger partial charge is 0.489 e. The van der Waals surface area contributed by atoms with E-state index < -0.39 is 0 Å². The van der Waals surface area contributed by atoms with Crippen LogP contribution in [0.25, 0.3) is 0 Å². The summed E-state index contributed by atoms with van der Waals surface area (Å²) in [4.78, 5) is 7.80. The number of aromatic nitrogens is 4. The van der Waals surface area contributed by atoms with Crippen molar-refractivity contribution in [1.29, 1.82) is 0 Å². The molecule has 0 spiro atoms. The summed E-state index contributed by atoms with van der Waals surface area (Å²) >= 11 is 0. The Labute approximate surface area is 98.2 Å². The van der Waals surface area contributed by atoms with Gasteiger partial charge in [-0.3, -0.25) is 0 Å². The molecule has 0 aromatic carbocycles. The molecule has 0 unspecified atom stereocenters. The van der Waals surface area contributed by atoms with Gasteiger partial charge in [0.25, 0.3) is 5.88 Å². The molecule has 2 aromatic rings. The quantitative estimate of drug-likeness (QED) is 0.850. The van der Waals surface area contributed by atoms with E-state index >= 15 is 0 Å². The smallest absolute Gasteiger partial charge is 0.269 e. The number of hydrogen-bond donors (Lipinski definition) is 1. The summed E-state index contributed by atoms with van der Waals surface area (Å²) < 4.78 is 12.3. The van der Waals surface area contributed by atoms with Gasteiger partial charge in [0.05, 0.1) is 12.8 Å². The molecule has 0 aliphatic rings. The lowest BCUT2D eigenvalue weighted by Gasteiger charge is -2.09. The van der Waals surface area contributed by atoms with Crippen LogP contribution in [-0.2, 0) is 7.05 Å². The van der Waals surface area contributed by atoms with E-state index in [-0.39, 0.29) is 11.7 Å². The zero-order valence-electron chi connectivity index (χ0n) is 9.84. The van der Waals surface area contributed by atoms with Crippen LogP contribution >= 0.6 is 0 Å². The fourth-order valence-electron chi connectivity index (χ4n) is 1.42. The molecule has 0 radical (unpaired) electrons. The predicted molar refractivity (Wildman–Crippen MR) is 61.0 cm³/mol. The minimum Gasteiger partial charge on any atom is -0.489 e. The van der Waals surface area contributed by atoms with Crippen molar-refractivity contribution in [3.63, 3.8) is 0 Å². The van der Waals surface area contributed by atoms with Crippen molar-refractivity contribution in [2.24, 2.45) is 7.05 Å². The van der Waals surface area contributed by atoms with E-state index in [0.29, 0.717) is 11.6 Å². The Morgan fingerprint density at radius 3 is 2.71 bits per heavy atom. The number of nitrogens with two attached hydrogens (primary N) is 1. The lowest BCUT2D eigenvalue weighted by atomic mass is 10.5. The van der Waals surface area contributed by atoms with Crippen LogP contribution in [0.3, 0.4) is 0 Å². The van der Waals surface area contributed by atoms with Gasteiger partial charge < -0.3 is 15.2 Å². The second kappa shape index (κ2) is 4.28. The topological polar surface area (TPSA) is 88.1 Å². The van der Waals surface area contributed by atoms with Gasteiger partial charge in [0.15, 0.2) is 5.82 Å². The van der Waals surface area contributed by atoms with E-state index in [4.69, 9.17) is 15.2 Å². The first-order valence-electron chi connectivity index (χ1n) is 4.94. The summed E-state index contributed by atoms with van der Waals surface area (Å²) in [5.74, 6) is 1.37. The molecule has 7 heteroatoms. The second-order valence-electron chi connectivity index (χ2n) is 3.45. The van der Waals surface area contributed by atoms with Crippen LogP contribution in [0, 0.1) is 6.92 Å². The Kier molecular flexibility index (Phi) is 2.82. The third-order valence-electron chi connectivity index (χ3n) is 2.16. The summed E-state index contributed by atoms with van der Waals surface area (Å²) in [7, 11) is 3.26. The Bertz CT molecular complexity index is 537. The fourth-order valence-corrected chi connectivity index (χ4v) is 1.42. The number of anilines is 1. The molecule has 0 amide bonds. The zero-order valence-corrected chi connectivity index (χ0v) is 9.84. The number of rotatable bonds is 3. The van der Waals surface area contributed by atoms with Crippen molar-refractivity contribution in [1.82, 2.24) is 19.7 Å². The highest BCUT2D eigenvalue weighted by Crippen LogP contribution is 2.32. The number of hydrogen-bond acceptors (Lipinski definition) is 6. The molecular formula is C10H13N5O2. The molecule has 0 aliphatic carbocycles. The molecule has 2 heterocycles. The molecule has 0 aliphatic heterocycles. The molecule has 2 rings (SSSR count). The number of methoxy groups -OCH3 is 1. The van der Waals surface area contributed by atoms with Crippen molar-refractivity contribution in [3.8, 4) is 17.5 Å². The minimum atomic E-state index is 0.233. The molecule has 2 N–H and O–H groups in total. The molecule has 2 aromatic heterocycles. The SMILES string of the molecule is COc1c(N)ncnc1Oc1cc(C)nn1C. The van der Waals surface area contributed by atoms with Gasteiger partial charge in [0, 0.05) is 13.1 Å². The fraction of sp³-hybridized carbons (Fsp3) is 0.300. The monoisotopic (exact) mass is 235 g/mol. The Morgan fingerprint density at radius 2 is 2.12 bits per heavy atom. The number of ether oxygens (including phenoxy) is 2. The molecule has 0 saturated carbocycles. The normalized spacial score (nSPS) is 10.3. The number of aryl methyl sites for hydroxylation is 2. The maximum atomic E-state index is 5.65. The third kappa shape index (κ3) is 2.12. The van der Waals surface area contributed by atoms with Crippen LogP contribution in [-0.4, -0.2) is 26.9 Å². The summed E-state index contributed by atoms with van der Waals surface area (Å²) in [6.45, 7) is 1.87. The van der Waals surface area contributed by atoms with E-state index in [2.05, 4.69) is 15.1 Å². The number of nitrogen functional groups attached to an aromatic ring is 1. The van der Waals surface area contributed by atoms with Gasteiger partial charge in [-0.25, -0.2) is 9.67 Å². The van der Waals surface area contributed by atoms with Gasteiger partial charge in [-0.1, -0.05) is 0 Å². The van der Waals surface area contributed by atoms with Crippen LogP contribution in [0.4, 0.5) is 5.82 Å². The molecule has 90 valence electrons. The number of nitrogens with zero attached hydrogens (tertiary/aromatic N) is 4. The van der Waals surface area contributed by atoms with E-state index in [0.717, 1.165) is 5.69 Å². The van der Waals surface area contributed by atoms with Crippen molar-refractivity contribution >= 4 is 5.82 Å². The maximum Gasteiger partial charge on any atom is 0.269 e. The highest BCUT2D eigenvalue weighted by molar-refractivity contribution is 5.52. The Balaban J connectivity index is 2.36. The summed E-state index contributed by atoms with van der Waals surface area (Å²) in [6.07, 6.45) is 1.32. The summed E-state index contributed by atoms with van der Waals surface area (Å²) in [6, 6.07) is 1.79. The summed E-state index contributed by atoms with van der Waals surface area (Å²) in [5.41, 5.74) is 6.50. The van der Waals surface area contributed by atoms with Crippen LogP contribution < -0.4 is 15.2 Å². The van der Waals surface area contributed by atoms with Crippen LogP contribution in [0.5, 0.6) is 17.5 Å². The van der Waals surface area contributed by atoms with Gasteiger partial charge >= 0.3 is 0 Å². The van der Waals surface area contributed by atoms with E-state index in [1.807, 2.05) is 6.92 Å². The molecule has 0 saturated heterocycles. The first kappa shape index (κ1) is 11.2. The van der Waals surface area contributed by atoms with Crippen LogP contribution in [0.1, 0.15) is 5.69 Å². The molecule has 7 nitrogen and oxygen atoms in total. The minimum absolute atomic E-state index is 0.233. The van der Waals surface area contributed by atoms with Gasteiger partial charge in [0.1, 0.15) is 6.33 Å². The van der Waals surface area contributed by atoms with Crippen molar-refractivity contribution in [3.05, 3.63) is 18.1 Å². The van der Waals surface area contributed by atoms with Crippen molar-refractivity contribution < 1.29 is 9.47 Å². The lowest BCUT2D eigenvalue weighted by molar-refractivity contribution is 0.355. The Hall–Kier alpha value is -2.31. The highest BCUT2D eigenvalue weighted by Gasteiger charge is 2.14. The standard InChI is InChI=1S/C10H13N5O2/c1-6-4-7(15(2)14-6)17-10-8(16-3)9(11)12-5-13-10/h4-5H,1-3H3,(H2,11,12,13). The van der Waals surface area contributed by atoms with E-state index in [1.54, 1.807) is 17.8 Å². The van der Waals surface area contributed by atoms with Crippen LogP contribution in [0.2, 0.25) is 0 Å². The van der Waals surface area contributed by atoms with Gasteiger partial charge in [-0.05, 0) is 6.92 Å². The lowest BCUT2D eigenvalue weighted by Crippen LogP contribution is -2.02. The average Bonchev–Trinajstić information content (AvgIpc) is 2.58. The van der Waals surface area contributed by atoms with Crippen molar-refractivity contribution in [2.75, 3.05) is 12.8 Å². The van der Waals surface area contributed by atoms with E-state index in [9.17, 15) is 0 Å². The summed E-state index contributed by atoms with van der Waals surface area (Å²) in [5, 5.41) is 4.16. The predicted octanol–water partition coefficient (Wildman–Crippen LogP) is 0.902. The Morgan fingerprint density at radius 1 is 1.35 bits per heavy atom. The van der Waals surface area contributed by atoms with Gasteiger partial charge in [-0.2, -0.15) is 10.1 Å². The molecule has 0 fully saturated rings. The van der Waals surface area contributed by atoms with Crippen molar-refractivity contribution in [2.45, 2.75) is 6.92 Å². The van der Waals surface area contributed by atoms with Gasteiger partial charge in [-0.15, -0.1) is 0 Å². The maximum absolute atomic E-state index is 5.65. The van der Waals surface area contributed by atoms with Gasteiger partial charge in [0.2, 0.25) is 11.6 Å². The zero-order chi connectivity index (χ0) is 12.4. The second-order valence-corrected chi connectivity index (χ2v) is 3.45. The molecular weight excluding hydrogens is 222 g/mol. The first-order chi connectivity index (χ1) is 8.11. The molecule has 17 heavy (non-hydrogen) atoms. The van der Waals surface area contributed by atoms with E-state index in [1.165, 1.54) is 13.4 Å².